The van der Waals surface area contributed by atoms with Crippen LogP contribution in [-0.2, 0) is 4.79 Å². The van der Waals surface area contributed by atoms with Crippen LogP contribution in [0.2, 0.25) is 0 Å². The predicted octanol–water partition coefficient (Wildman–Crippen LogP) is 0.818. The van der Waals surface area contributed by atoms with Crippen LogP contribution >= 0.6 is 0 Å². The van der Waals surface area contributed by atoms with Crippen LogP contribution in [0.25, 0.3) is 0 Å². The van der Waals surface area contributed by atoms with Crippen molar-refractivity contribution in [3.05, 3.63) is 39.7 Å². The molecule has 0 aliphatic carbocycles. The van der Waals surface area contributed by atoms with Gasteiger partial charge in [-0.25, -0.2) is 4.39 Å². The van der Waals surface area contributed by atoms with Crippen molar-refractivity contribution in [1.82, 2.24) is 0 Å². The van der Waals surface area contributed by atoms with Crippen molar-refractivity contribution >= 4 is 11.7 Å². The lowest BCUT2D eigenvalue weighted by atomic mass is 10.1. The lowest BCUT2D eigenvalue weighted by Gasteiger charge is -2.06. The molecule has 1 atom stereocenters. The van der Waals surface area contributed by atoms with Crippen LogP contribution in [0.15, 0.2) is 18.2 Å². The van der Waals surface area contributed by atoms with Gasteiger partial charge in [0, 0.05) is 6.07 Å². The van der Waals surface area contributed by atoms with Gasteiger partial charge >= 0.3 is 5.97 Å². The van der Waals surface area contributed by atoms with E-state index in [1.165, 1.54) is 0 Å². The smallest absolute Gasteiger partial charge is 0.325 e. The van der Waals surface area contributed by atoms with E-state index in [9.17, 15) is 19.3 Å². The number of hydrogen-bond donors (Lipinski definition) is 2. The van der Waals surface area contributed by atoms with Crippen molar-refractivity contribution in [2.75, 3.05) is 0 Å². The molecule has 0 unspecified atom stereocenters. The van der Waals surface area contributed by atoms with Gasteiger partial charge in [-0.1, -0.05) is 0 Å². The third-order valence-electron chi connectivity index (χ3n) is 1.79. The SMILES string of the molecule is N[C@H](C(=O)O)c1cc(F)ccc1[N+](=O)[O-]. The molecule has 0 heterocycles. The number of carboxylic acids is 1. The van der Waals surface area contributed by atoms with Gasteiger partial charge in [0.05, 0.1) is 10.5 Å². The van der Waals surface area contributed by atoms with Crippen LogP contribution in [0.4, 0.5) is 10.1 Å². The Morgan fingerprint density at radius 1 is 1.60 bits per heavy atom. The van der Waals surface area contributed by atoms with Gasteiger partial charge in [-0.05, 0) is 12.1 Å². The number of carboxylic acid groups (broad SMARTS) is 1. The van der Waals surface area contributed by atoms with Gasteiger partial charge < -0.3 is 10.8 Å². The molecule has 3 N–H and O–H groups in total. The molecule has 15 heavy (non-hydrogen) atoms. The lowest BCUT2D eigenvalue weighted by Crippen LogP contribution is -2.21. The largest absolute Gasteiger partial charge is 0.480 e. The number of nitrogens with two attached hydrogens (primary N) is 1. The number of nitro groups is 1. The van der Waals surface area contributed by atoms with E-state index in [0.29, 0.717) is 0 Å². The van der Waals surface area contributed by atoms with E-state index in [1.54, 1.807) is 0 Å². The van der Waals surface area contributed by atoms with Crippen molar-refractivity contribution < 1.29 is 19.2 Å². The Hall–Kier alpha value is -2.02. The summed E-state index contributed by atoms with van der Waals surface area (Å²) < 4.78 is 12.8. The maximum atomic E-state index is 12.8. The van der Waals surface area contributed by atoms with Gasteiger partial charge in [0.15, 0.2) is 0 Å². The van der Waals surface area contributed by atoms with Gasteiger partial charge in [-0.3, -0.25) is 14.9 Å². The fourth-order valence-electron chi connectivity index (χ4n) is 1.07. The molecule has 1 rings (SSSR count). The highest BCUT2D eigenvalue weighted by Gasteiger charge is 2.24. The van der Waals surface area contributed by atoms with E-state index >= 15 is 0 Å². The summed E-state index contributed by atoms with van der Waals surface area (Å²) in [6, 6.07) is 0.890. The van der Waals surface area contributed by atoms with Crippen LogP contribution < -0.4 is 5.73 Å². The van der Waals surface area contributed by atoms with Crippen molar-refractivity contribution in [3.63, 3.8) is 0 Å². The summed E-state index contributed by atoms with van der Waals surface area (Å²) in [5.74, 6) is -2.23. The van der Waals surface area contributed by atoms with Gasteiger partial charge in [0.1, 0.15) is 11.9 Å². The zero-order valence-corrected chi connectivity index (χ0v) is 7.38. The highest BCUT2D eigenvalue weighted by molar-refractivity contribution is 5.77. The first kappa shape index (κ1) is 11.1. The van der Waals surface area contributed by atoms with Gasteiger partial charge in [0.25, 0.3) is 5.69 Å². The number of hydrogen-bond acceptors (Lipinski definition) is 4. The Balaban J connectivity index is 3.30. The summed E-state index contributed by atoms with van der Waals surface area (Å²) in [6.07, 6.45) is 0. The number of benzene rings is 1. The topological polar surface area (TPSA) is 106 Å². The number of halogens is 1. The zero-order valence-electron chi connectivity index (χ0n) is 7.38. The highest BCUT2D eigenvalue weighted by atomic mass is 19.1. The summed E-state index contributed by atoms with van der Waals surface area (Å²) in [5.41, 5.74) is 4.31. The molecule has 6 nitrogen and oxygen atoms in total. The Morgan fingerprint density at radius 2 is 2.20 bits per heavy atom. The molecule has 0 fully saturated rings. The molecule has 80 valence electrons. The summed E-state index contributed by atoms with van der Waals surface area (Å²) in [4.78, 5) is 20.2. The molecule has 0 aliphatic rings. The van der Waals surface area contributed by atoms with Crippen molar-refractivity contribution in [2.24, 2.45) is 5.73 Å². The third kappa shape index (κ3) is 2.26. The standard InChI is InChI=1S/C8H7FN2O4/c9-4-1-2-6(11(14)15)5(3-4)7(10)8(12)13/h1-3,7H,10H2,(H,12,13)/t7-/m0/s1. The first-order valence-corrected chi connectivity index (χ1v) is 3.85. The average Bonchev–Trinajstić information content (AvgIpc) is 2.15. The van der Waals surface area contributed by atoms with Gasteiger partial charge in [-0.15, -0.1) is 0 Å². The molecule has 0 saturated heterocycles. The third-order valence-corrected chi connectivity index (χ3v) is 1.79. The zero-order chi connectivity index (χ0) is 11.6. The molecule has 0 amide bonds. The molecule has 1 aromatic carbocycles. The minimum Gasteiger partial charge on any atom is -0.480 e. The van der Waals surface area contributed by atoms with Gasteiger partial charge in [0.2, 0.25) is 0 Å². The summed E-state index contributed by atoms with van der Waals surface area (Å²) in [6.45, 7) is 0. The molecular weight excluding hydrogens is 207 g/mol. The van der Waals surface area contributed by atoms with Crippen LogP contribution in [0.5, 0.6) is 0 Å². The molecule has 0 aliphatic heterocycles. The highest BCUT2D eigenvalue weighted by Crippen LogP contribution is 2.24. The van der Waals surface area contributed by atoms with Crippen LogP contribution in [0, 0.1) is 15.9 Å². The molecule has 0 bridgehead atoms. The number of aliphatic carboxylic acids is 1. The van der Waals surface area contributed by atoms with Crippen LogP contribution in [0.1, 0.15) is 11.6 Å². The van der Waals surface area contributed by atoms with E-state index in [4.69, 9.17) is 10.8 Å². The van der Waals surface area contributed by atoms with E-state index in [1.807, 2.05) is 0 Å². The minimum absolute atomic E-state index is 0.354. The number of rotatable bonds is 3. The maximum Gasteiger partial charge on any atom is 0.325 e. The molecule has 0 saturated carbocycles. The first-order valence-electron chi connectivity index (χ1n) is 3.85. The average molecular weight is 214 g/mol. The van der Waals surface area contributed by atoms with E-state index in [2.05, 4.69) is 0 Å². The number of nitro benzene ring substituents is 1. The predicted molar refractivity (Wildman–Crippen MR) is 47.6 cm³/mol. The fourth-order valence-corrected chi connectivity index (χ4v) is 1.07. The molecule has 0 spiro atoms. The Labute approximate surface area is 83.3 Å². The quantitative estimate of drug-likeness (QED) is 0.572. The molecule has 7 heteroatoms. The van der Waals surface area contributed by atoms with Crippen molar-refractivity contribution in [2.45, 2.75) is 6.04 Å². The summed E-state index contributed by atoms with van der Waals surface area (Å²) >= 11 is 0. The van der Waals surface area contributed by atoms with Crippen LogP contribution in [0.3, 0.4) is 0 Å². The second-order valence-electron chi connectivity index (χ2n) is 2.78. The van der Waals surface area contributed by atoms with Gasteiger partial charge in [-0.2, -0.15) is 0 Å². The van der Waals surface area contributed by atoms with Crippen molar-refractivity contribution in [3.8, 4) is 0 Å². The molecular formula is C8H7FN2O4. The minimum atomic E-state index is -1.61. The first-order chi connectivity index (χ1) is 6.93. The van der Waals surface area contributed by atoms with E-state index in [-0.39, 0.29) is 5.56 Å². The van der Waals surface area contributed by atoms with E-state index < -0.39 is 28.4 Å². The number of carbonyl (C=O) groups is 1. The van der Waals surface area contributed by atoms with Crippen LogP contribution in [-0.4, -0.2) is 16.0 Å². The van der Waals surface area contributed by atoms with E-state index in [0.717, 1.165) is 18.2 Å². The Morgan fingerprint density at radius 3 is 2.67 bits per heavy atom. The summed E-state index contributed by atoms with van der Waals surface area (Å²) in [5, 5.41) is 19.1. The number of nitrogens with zero attached hydrogens (tertiary/aromatic N) is 1. The normalized spacial score (nSPS) is 12.1. The Bertz CT molecular complexity index is 421. The Kier molecular flexibility index (Phi) is 2.96. The monoisotopic (exact) mass is 214 g/mol. The molecule has 0 aromatic heterocycles. The lowest BCUT2D eigenvalue weighted by molar-refractivity contribution is -0.385. The fraction of sp³-hybridized carbons (Fsp3) is 0.125. The maximum absolute atomic E-state index is 12.8. The second kappa shape index (κ2) is 4.01. The molecule has 0 radical (unpaired) electrons. The second-order valence-corrected chi connectivity index (χ2v) is 2.78. The summed E-state index contributed by atoms with van der Waals surface area (Å²) in [7, 11) is 0. The molecule has 1 aromatic rings. The van der Waals surface area contributed by atoms with Crippen molar-refractivity contribution in [1.29, 1.82) is 0 Å².